The number of thiocarbonyl (C=S) groups is 1. The molecule has 3 N–H and O–H groups in total. The lowest BCUT2D eigenvalue weighted by Crippen LogP contribution is -2.49. The van der Waals surface area contributed by atoms with E-state index in [1.807, 2.05) is 19.1 Å². The summed E-state index contributed by atoms with van der Waals surface area (Å²) in [6.07, 6.45) is 0. The minimum Gasteiger partial charge on any atom is -0.497 e. The Morgan fingerprint density at radius 2 is 1.97 bits per heavy atom. The van der Waals surface area contributed by atoms with Gasteiger partial charge in [0.05, 0.1) is 12.1 Å². The highest BCUT2D eigenvalue weighted by Crippen LogP contribution is 2.37. The number of aryl methyl sites for hydroxylation is 1. The number of carbonyl (C=O) groups excluding carboxylic acids is 2. The van der Waals surface area contributed by atoms with Crippen molar-refractivity contribution in [3.63, 3.8) is 0 Å². The zero-order chi connectivity index (χ0) is 22.5. The van der Waals surface area contributed by atoms with Gasteiger partial charge in [0.2, 0.25) is 0 Å². The second-order valence-electron chi connectivity index (χ2n) is 6.26. The van der Waals surface area contributed by atoms with Crippen LogP contribution in [0.5, 0.6) is 11.5 Å². The molecule has 0 radical (unpaired) electrons. The van der Waals surface area contributed by atoms with E-state index < -0.39 is 11.8 Å². The fraction of sp³-hybridized carbons (Fsp3) is 0.150. The molecule has 0 unspecified atom stereocenters. The van der Waals surface area contributed by atoms with Gasteiger partial charge >= 0.3 is 0 Å². The van der Waals surface area contributed by atoms with Crippen molar-refractivity contribution >= 4 is 78.1 Å². The molecular weight excluding hydrogens is 526 g/mol. The zero-order valence-corrected chi connectivity index (χ0v) is 20.4. The number of nitrogens with one attached hydrogen (secondary N) is 3. The van der Waals surface area contributed by atoms with Crippen molar-refractivity contribution in [1.82, 2.24) is 16.2 Å². The molecule has 0 atom stereocenters. The first-order valence-corrected chi connectivity index (χ1v) is 11.2. The van der Waals surface area contributed by atoms with Crippen molar-refractivity contribution in [2.45, 2.75) is 6.92 Å². The van der Waals surface area contributed by atoms with Gasteiger partial charge in [-0.2, -0.15) is 0 Å². The molecule has 162 valence electrons. The van der Waals surface area contributed by atoms with Gasteiger partial charge in [-0.1, -0.05) is 27.5 Å². The molecule has 0 bridgehead atoms. The minimum absolute atomic E-state index is 0.0794. The molecule has 7 nitrogen and oxygen atoms in total. The summed E-state index contributed by atoms with van der Waals surface area (Å²) in [4.78, 5) is 24.8. The topological polar surface area (TPSA) is 88.7 Å². The number of rotatable bonds is 5. The Hall–Kier alpha value is -2.40. The summed E-state index contributed by atoms with van der Waals surface area (Å²) in [5, 5.41) is 3.47. The van der Waals surface area contributed by atoms with Crippen molar-refractivity contribution < 1.29 is 19.1 Å². The zero-order valence-electron chi connectivity index (χ0n) is 16.4. The summed E-state index contributed by atoms with van der Waals surface area (Å²) in [6.45, 7) is 1.64. The van der Waals surface area contributed by atoms with E-state index >= 15 is 0 Å². The summed E-state index contributed by atoms with van der Waals surface area (Å²) in [5.74, 6) is 0.299. The first-order chi connectivity index (χ1) is 14.8. The van der Waals surface area contributed by atoms with Crippen LogP contribution in [-0.2, 0) is 4.79 Å². The van der Waals surface area contributed by atoms with Gasteiger partial charge in [0.25, 0.3) is 11.8 Å². The molecule has 0 saturated carbocycles. The van der Waals surface area contributed by atoms with E-state index in [1.54, 1.807) is 31.4 Å². The molecule has 3 aromatic rings. The smallest absolute Gasteiger partial charge is 0.276 e. The number of ether oxygens (including phenoxy) is 2. The Morgan fingerprint density at radius 1 is 1.19 bits per heavy atom. The van der Waals surface area contributed by atoms with Crippen LogP contribution in [0.25, 0.3) is 10.1 Å². The van der Waals surface area contributed by atoms with Crippen molar-refractivity contribution in [3.8, 4) is 11.5 Å². The second kappa shape index (κ2) is 10.3. The lowest BCUT2D eigenvalue weighted by molar-refractivity contribution is -0.123. The number of methoxy groups -OCH3 is 1. The minimum atomic E-state index is -0.487. The van der Waals surface area contributed by atoms with Crippen molar-refractivity contribution in [1.29, 1.82) is 0 Å². The van der Waals surface area contributed by atoms with Crippen LogP contribution < -0.4 is 25.6 Å². The van der Waals surface area contributed by atoms with Crippen LogP contribution in [0.15, 0.2) is 40.9 Å². The molecule has 0 aliphatic carbocycles. The molecule has 0 aliphatic rings. The van der Waals surface area contributed by atoms with Gasteiger partial charge in [-0.05, 0) is 61.1 Å². The molecule has 1 aromatic heterocycles. The third-order valence-electron chi connectivity index (χ3n) is 4.08. The van der Waals surface area contributed by atoms with E-state index in [4.69, 9.17) is 33.3 Å². The summed E-state index contributed by atoms with van der Waals surface area (Å²) in [6, 6.07) is 10.8. The second-order valence-corrected chi connectivity index (χ2v) is 9.02. The molecule has 2 amide bonds. The lowest BCUT2D eigenvalue weighted by Gasteiger charge is -2.12. The van der Waals surface area contributed by atoms with Gasteiger partial charge < -0.3 is 9.47 Å². The maximum atomic E-state index is 12.5. The molecule has 0 fully saturated rings. The Balaban J connectivity index is 1.52. The molecule has 0 spiro atoms. The van der Waals surface area contributed by atoms with Crippen molar-refractivity contribution in [3.05, 3.63) is 56.3 Å². The van der Waals surface area contributed by atoms with E-state index in [1.165, 1.54) is 11.3 Å². The summed E-state index contributed by atoms with van der Waals surface area (Å²) in [7, 11) is 1.56. The van der Waals surface area contributed by atoms with Crippen LogP contribution in [0.4, 0.5) is 0 Å². The first kappa shape index (κ1) is 23.3. The van der Waals surface area contributed by atoms with Gasteiger partial charge in [0.1, 0.15) is 16.4 Å². The quantitative estimate of drug-likeness (QED) is 0.328. The molecule has 11 heteroatoms. The summed E-state index contributed by atoms with van der Waals surface area (Å²) >= 11 is 16.0. The maximum Gasteiger partial charge on any atom is 0.276 e. The lowest BCUT2D eigenvalue weighted by atomic mass is 10.2. The van der Waals surface area contributed by atoms with Gasteiger partial charge in [-0.25, -0.2) is 0 Å². The van der Waals surface area contributed by atoms with Gasteiger partial charge in [0.15, 0.2) is 11.7 Å². The molecule has 0 saturated heterocycles. The number of benzene rings is 2. The number of hydrogen-bond donors (Lipinski definition) is 3. The average molecular weight is 543 g/mol. The molecule has 0 aliphatic heterocycles. The molecular formula is C20H17BrClN3O4S2. The van der Waals surface area contributed by atoms with Gasteiger partial charge in [0, 0.05) is 14.6 Å². The maximum absolute atomic E-state index is 12.5. The van der Waals surface area contributed by atoms with E-state index in [2.05, 4.69) is 32.1 Å². The SMILES string of the molecule is COc1ccc2c(Cl)c(C(=O)NC(=S)NNC(=O)COc3ccc(Br)cc3C)sc2c1. The van der Waals surface area contributed by atoms with Crippen molar-refractivity contribution in [2.24, 2.45) is 0 Å². The third kappa shape index (κ3) is 5.85. The molecule has 3 rings (SSSR count). The number of hydrazine groups is 1. The Labute approximate surface area is 201 Å². The fourth-order valence-corrected chi connectivity index (χ4v) is 4.65. The van der Waals surface area contributed by atoms with E-state index in [9.17, 15) is 9.59 Å². The number of hydrogen-bond acceptors (Lipinski definition) is 6. The average Bonchev–Trinajstić information content (AvgIpc) is 3.07. The standard InChI is InChI=1S/C20H17BrClN3O4S2/c1-10-7-11(21)3-6-14(10)29-9-16(26)24-25-20(30)23-19(27)18-17(22)13-5-4-12(28-2)8-15(13)31-18/h3-8H,9H2,1-2H3,(H,24,26)(H2,23,25,27,30). The number of thiophene rings is 1. The van der Waals surface area contributed by atoms with Crippen molar-refractivity contribution in [2.75, 3.05) is 13.7 Å². The molecule has 31 heavy (non-hydrogen) atoms. The monoisotopic (exact) mass is 541 g/mol. The normalized spacial score (nSPS) is 10.5. The highest BCUT2D eigenvalue weighted by Gasteiger charge is 2.18. The predicted molar refractivity (Wildman–Crippen MR) is 129 cm³/mol. The Bertz CT molecular complexity index is 1170. The number of fused-ring (bicyclic) bond motifs is 1. The summed E-state index contributed by atoms with van der Waals surface area (Å²) < 4.78 is 12.4. The van der Waals surface area contributed by atoms with Crippen LogP contribution in [0.1, 0.15) is 15.2 Å². The van der Waals surface area contributed by atoms with Gasteiger partial charge in [-0.3, -0.25) is 25.8 Å². The summed E-state index contributed by atoms with van der Waals surface area (Å²) in [5.41, 5.74) is 5.72. The highest BCUT2D eigenvalue weighted by atomic mass is 79.9. The van der Waals surface area contributed by atoms with E-state index in [-0.39, 0.29) is 11.7 Å². The van der Waals surface area contributed by atoms with E-state index in [0.29, 0.717) is 21.4 Å². The highest BCUT2D eigenvalue weighted by molar-refractivity contribution is 9.10. The molecule has 2 aromatic carbocycles. The predicted octanol–water partition coefficient (Wildman–Crippen LogP) is 4.35. The third-order valence-corrected chi connectivity index (χ3v) is 6.43. The van der Waals surface area contributed by atoms with Crippen LogP contribution in [0.2, 0.25) is 5.02 Å². The number of halogens is 2. The van der Waals surface area contributed by atoms with Crippen LogP contribution >= 0.6 is 51.1 Å². The Morgan fingerprint density at radius 3 is 2.68 bits per heavy atom. The number of amides is 2. The first-order valence-electron chi connectivity index (χ1n) is 8.83. The van der Waals surface area contributed by atoms with E-state index in [0.717, 1.165) is 20.1 Å². The number of carbonyl (C=O) groups is 2. The van der Waals surface area contributed by atoms with Crippen LogP contribution in [-0.4, -0.2) is 30.6 Å². The fourth-order valence-electron chi connectivity index (χ4n) is 2.59. The van der Waals surface area contributed by atoms with Crippen LogP contribution in [0.3, 0.4) is 0 Å². The van der Waals surface area contributed by atoms with Crippen LogP contribution in [0, 0.1) is 6.92 Å². The molecule has 1 heterocycles. The largest absolute Gasteiger partial charge is 0.497 e. The Kier molecular flexibility index (Phi) is 7.71. The van der Waals surface area contributed by atoms with Gasteiger partial charge in [-0.15, -0.1) is 11.3 Å².